The topological polar surface area (TPSA) is 78.1 Å². The lowest BCUT2D eigenvalue weighted by Gasteiger charge is -2.10. The van der Waals surface area contributed by atoms with Crippen LogP contribution in [0.25, 0.3) is 0 Å². The lowest BCUT2D eigenvalue weighted by Crippen LogP contribution is -2.23. The summed E-state index contributed by atoms with van der Waals surface area (Å²) in [5.41, 5.74) is 9.25. The first kappa shape index (κ1) is 22.9. The van der Waals surface area contributed by atoms with Crippen molar-refractivity contribution in [1.29, 1.82) is 0 Å². The Morgan fingerprint density at radius 3 is 2.04 bits per heavy atom. The summed E-state index contributed by atoms with van der Waals surface area (Å²) >= 11 is 0. The molecule has 0 aliphatic rings. The van der Waals surface area contributed by atoms with E-state index in [1.54, 1.807) is 20.3 Å². The quantitative estimate of drug-likeness (QED) is 0.255. The van der Waals surface area contributed by atoms with Gasteiger partial charge in [0.1, 0.15) is 17.2 Å². The van der Waals surface area contributed by atoms with Crippen LogP contribution in [0.3, 0.4) is 0 Å². The normalized spacial score (nSPS) is 10.7. The minimum atomic E-state index is 0. The number of rotatable bonds is 8. The highest BCUT2D eigenvalue weighted by atomic mass is 127. The summed E-state index contributed by atoms with van der Waals surface area (Å²) in [6, 6.07) is 11.6. The predicted octanol–water partition coefficient (Wildman–Crippen LogP) is 4.13. The summed E-state index contributed by atoms with van der Waals surface area (Å²) in [7, 11) is 3.22. The van der Waals surface area contributed by atoms with Gasteiger partial charge in [0.25, 0.3) is 0 Å². The number of halogens is 1. The number of aliphatic imine (C=N–C) groups is 1. The van der Waals surface area contributed by atoms with Gasteiger partial charge in [-0.1, -0.05) is 6.07 Å². The molecule has 148 valence electrons. The summed E-state index contributed by atoms with van der Waals surface area (Å²) < 4.78 is 16.2. The van der Waals surface area contributed by atoms with Gasteiger partial charge in [0.2, 0.25) is 0 Å². The molecule has 0 aromatic heterocycles. The van der Waals surface area contributed by atoms with Crippen LogP contribution >= 0.6 is 24.0 Å². The maximum absolute atomic E-state index is 5.94. The predicted molar refractivity (Wildman–Crippen MR) is 121 cm³/mol. The van der Waals surface area contributed by atoms with Crippen LogP contribution in [0.1, 0.15) is 17.5 Å². The largest absolute Gasteiger partial charge is 0.496 e. The molecule has 2 aromatic carbocycles. The van der Waals surface area contributed by atoms with Crippen molar-refractivity contribution in [3.8, 4) is 17.2 Å². The van der Waals surface area contributed by atoms with E-state index in [-0.39, 0.29) is 24.0 Å². The molecule has 0 radical (unpaired) electrons. The molecule has 0 saturated carbocycles. The number of guanidine groups is 1. The smallest absolute Gasteiger partial charge is 0.193 e. The summed E-state index contributed by atoms with van der Waals surface area (Å²) in [4.78, 5) is 4.33. The molecular weight excluding hydrogens is 457 g/mol. The van der Waals surface area contributed by atoms with Gasteiger partial charge in [-0.3, -0.25) is 4.99 Å². The highest BCUT2D eigenvalue weighted by Gasteiger charge is 2.03. The zero-order valence-corrected chi connectivity index (χ0v) is 18.6. The third-order valence-corrected chi connectivity index (χ3v) is 3.67. The molecule has 0 spiro atoms. The van der Waals surface area contributed by atoms with Gasteiger partial charge in [-0.25, -0.2) is 0 Å². The minimum absolute atomic E-state index is 0. The van der Waals surface area contributed by atoms with E-state index in [0.717, 1.165) is 12.1 Å². The molecule has 0 amide bonds. The van der Waals surface area contributed by atoms with Crippen molar-refractivity contribution in [3.05, 3.63) is 47.5 Å². The van der Waals surface area contributed by atoms with E-state index in [9.17, 15) is 0 Å². The van der Waals surface area contributed by atoms with Crippen molar-refractivity contribution in [2.45, 2.75) is 20.3 Å². The fourth-order valence-corrected chi connectivity index (χ4v) is 2.55. The van der Waals surface area contributed by atoms with Gasteiger partial charge in [-0.05, 0) is 37.1 Å². The van der Waals surface area contributed by atoms with E-state index in [1.165, 1.54) is 11.1 Å². The summed E-state index contributed by atoms with van der Waals surface area (Å²) in [6.07, 6.45) is 0.745. The van der Waals surface area contributed by atoms with Gasteiger partial charge >= 0.3 is 0 Å². The van der Waals surface area contributed by atoms with Crippen LogP contribution < -0.4 is 25.3 Å². The molecule has 0 aliphatic carbocycles. The first-order chi connectivity index (χ1) is 12.5. The maximum Gasteiger partial charge on any atom is 0.193 e. The molecule has 27 heavy (non-hydrogen) atoms. The molecule has 2 aromatic rings. The molecule has 0 saturated heterocycles. The van der Waals surface area contributed by atoms with Gasteiger partial charge in [0.15, 0.2) is 5.96 Å². The molecule has 0 heterocycles. The fraction of sp³-hybridized carbons (Fsp3) is 0.350. The molecule has 7 heteroatoms. The van der Waals surface area contributed by atoms with E-state index >= 15 is 0 Å². The van der Waals surface area contributed by atoms with Crippen molar-refractivity contribution in [1.82, 2.24) is 0 Å². The number of benzene rings is 2. The summed E-state index contributed by atoms with van der Waals surface area (Å²) in [6.45, 7) is 5.20. The Kier molecular flexibility index (Phi) is 9.77. The standard InChI is InChI=1S/C20H27N3O3.HI/c1-14-8-15(2)10-16(9-14)23-20(21)22-6-5-7-26-19-12-17(24-3)11-18(13-19)25-4;/h8-13H,5-7H2,1-4H3,(H3,21,22,23);1H. The lowest BCUT2D eigenvalue weighted by atomic mass is 10.1. The Labute approximate surface area is 178 Å². The molecule has 2 rings (SSSR count). The van der Waals surface area contributed by atoms with Gasteiger partial charge in [-0.2, -0.15) is 0 Å². The monoisotopic (exact) mass is 485 g/mol. The summed E-state index contributed by atoms with van der Waals surface area (Å²) in [5, 5.41) is 3.12. The third kappa shape index (κ3) is 7.94. The Morgan fingerprint density at radius 1 is 0.926 bits per heavy atom. The number of methoxy groups -OCH3 is 2. The highest BCUT2D eigenvalue weighted by Crippen LogP contribution is 2.27. The molecule has 6 nitrogen and oxygen atoms in total. The number of hydrogen-bond donors (Lipinski definition) is 2. The van der Waals surface area contributed by atoms with Crippen molar-refractivity contribution in [3.63, 3.8) is 0 Å². The van der Waals surface area contributed by atoms with Crippen LogP contribution in [0.5, 0.6) is 17.2 Å². The number of nitrogens with zero attached hydrogens (tertiary/aromatic N) is 1. The first-order valence-electron chi connectivity index (χ1n) is 8.51. The van der Waals surface area contributed by atoms with Crippen LogP contribution in [-0.2, 0) is 0 Å². The Morgan fingerprint density at radius 2 is 1.48 bits per heavy atom. The third-order valence-electron chi connectivity index (χ3n) is 3.67. The second-order valence-corrected chi connectivity index (χ2v) is 6.02. The van der Waals surface area contributed by atoms with Crippen molar-refractivity contribution < 1.29 is 14.2 Å². The van der Waals surface area contributed by atoms with Crippen LogP contribution in [-0.4, -0.2) is 33.3 Å². The molecule has 3 N–H and O–H groups in total. The lowest BCUT2D eigenvalue weighted by molar-refractivity contribution is 0.307. The number of nitrogens with one attached hydrogen (secondary N) is 1. The second-order valence-electron chi connectivity index (χ2n) is 6.02. The number of hydrogen-bond acceptors (Lipinski definition) is 4. The van der Waals surface area contributed by atoms with Crippen LogP contribution in [0.4, 0.5) is 5.69 Å². The average molecular weight is 485 g/mol. The number of ether oxygens (including phenoxy) is 3. The molecule has 0 bridgehead atoms. The molecule has 0 aliphatic heterocycles. The average Bonchev–Trinajstić information content (AvgIpc) is 2.60. The number of nitrogens with two attached hydrogens (primary N) is 1. The van der Waals surface area contributed by atoms with E-state index in [2.05, 4.69) is 30.2 Å². The molecular formula is C20H28IN3O3. The zero-order chi connectivity index (χ0) is 18.9. The Bertz CT molecular complexity index is 724. The summed E-state index contributed by atoms with van der Waals surface area (Å²) in [5.74, 6) is 2.49. The molecule has 0 fully saturated rings. The first-order valence-corrected chi connectivity index (χ1v) is 8.51. The van der Waals surface area contributed by atoms with Crippen LogP contribution in [0, 0.1) is 13.8 Å². The van der Waals surface area contributed by atoms with Crippen molar-refractivity contribution in [2.24, 2.45) is 10.7 Å². The van der Waals surface area contributed by atoms with Gasteiger partial charge in [0, 0.05) is 36.9 Å². The Hall–Kier alpha value is -2.16. The highest BCUT2D eigenvalue weighted by molar-refractivity contribution is 14.0. The van der Waals surface area contributed by atoms with E-state index < -0.39 is 0 Å². The van der Waals surface area contributed by atoms with E-state index in [1.807, 2.05) is 24.3 Å². The van der Waals surface area contributed by atoms with E-state index in [0.29, 0.717) is 36.4 Å². The van der Waals surface area contributed by atoms with Crippen LogP contribution in [0.2, 0.25) is 0 Å². The fourth-order valence-electron chi connectivity index (χ4n) is 2.55. The van der Waals surface area contributed by atoms with Gasteiger partial charge in [0.05, 0.1) is 20.8 Å². The van der Waals surface area contributed by atoms with Gasteiger partial charge < -0.3 is 25.3 Å². The Balaban J connectivity index is 0.00000364. The van der Waals surface area contributed by atoms with Gasteiger partial charge in [-0.15, -0.1) is 24.0 Å². The van der Waals surface area contributed by atoms with Crippen molar-refractivity contribution >= 4 is 35.6 Å². The van der Waals surface area contributed by atoms with Crippen LogP contribution in [0.15, 0.2) is 41.4 Å². The number of anilines is 1. The molecule has 0 unspecified atom stereocenters. The van der Waals surface area contributed by atoms with E-state index in [4.69, 9.17) is 19.9 Å². The maximum atomic E-state index is 5.94. The molecule has 0 atom stereocenters. The second kappa shape index (κ2) is 11.5. The van der Waals surface area contributed by atoms with Crippen molar-refractivity contribution in [2.75, 3.05) is 32.7 Å². The SMILES string of the molecule is COc1cc(OC)cc(OCCCN=C(N)Nc2cc(C)cc(C)c2)c1.I. The minimum Gasteiger partial charge on any atom is -0.496 e. The zero-order valence-electron chi connectivity index (χ0n) is 16.2. The number of aryl methyl sites for hydroxylation is 2.